The van der Waals surface area contributed by atoms with Gasteiger partial charge in [-0.1, -0.05) is 42.0 Å². The van der Waals surface area contributed by atoms with Crippen molar-refractivity contribution in [1.29, 1.82) is 0 Å². The van der Waals surface area contributed by atoms with Crippen LogP contribution in [-0.2, 0) is 16.1 Å². The number of pyridine rings is 2. The first-order valence-corrected chi connectivity index (χ1v) is 9.20. The topological polar surface area (TPSA) is 83.4 Å². The molecule has 0 bridgehead atoms. The second-order valence-corrected chi connectivity index (χ2v) is 6.94. The Kier molecular flexibility index (Phi) is 4.91. The van der Waals surface area contributed by atoms with Gasteiger partial charge in [0.2, 0.25) is 0 Å². The standard InChI is InChI=1S/C23H19N3O3/c1-15-6-8-17(9-7-15)21(27)19-20(18-5-3-11-25-13-18)26(23(29)22(19)28)14-16-4-2-10-24-12-16/h2-13,20,27H,14H2,1H3/t20-/m1/s1. The van der Waals surface area contributed by atoms with Gasteiger partial charge in [-0.2, -0.15) is 0 Å². The Balaban J connectivity index is 1.85. The fourth-order valence-corrected chi connectivity index (χ4v) is 3.48. The van der Waals surface area contributed by atoms with Crippen LogP contribution in [0, 0.1) is 6.92 Å². The van der Waals surface area contributed by atoms with E-state index >= 15 is 0 Å². The molecule has 1 amide bonds. The maximum absolute atomic E-state index is 12.9. The molecule has 2 aromatic heterocycles. The van der Waals surface area contributed by atoms with Gasteiger partial charge in [0.1, 0.15) is 5.76 Å². The number of rotatable bonds is 4. The molecule has 1 N–H and O–H groups in total. The molecule has 3 heterocycles. The quantitative estimate of drug-likeness (QED) is 0.423. The number of carbonyl (C=O) groups is 2. The number of amides is 1. The van der Waals surface area contributed by atoms with Crippen LogP contribution in [0.15, 0.2) is 78.9 Å². The lowest BCUT2D eigenvalue weighted by Gasteiger charge is -2.25. The predicted molar refractivity (Wildman–Crippen MR) is 107 cm³/mol. The fourth-order valence-electron chi connectivity index (χ4n) is 3.48. The van der Waals surface area contributed by atoms with E-state index in [4.69, 9.17) is 0 Å². The summed E-state index contributed by atoms with van der Waals surface area (Å²) in [7, 11) is 0. The first-order valence-electron chi connectivity index (χ1n) is 9.20. The smallest absolute Gasteiger partial charge is 0.295 e. The number of hydrogen-bond acceptors (Lipinski definition) is 5. The van der Waals surface area contributed by atoms with Crippen molar-refractivity contribution in [3.8, 4) is 0 Å². The number of aliphatic hydroxyl groups is 1. The van der Waals surface area contributed by atoms with E-state index < -0.39 is 17.7 Å². The Morgan fingerprint density at radius 1 is 1.00 bits per heavy atom. The minimum absolute atomic E-state index is 0.0655. The molecule has 4 rings (SSSR count). The number of aryl methyl sites for hydroxylation is 1. The Labute approximate surface area is 168 Å². The summed E-state index contributed by atoms with van der Waals surface area (Å²) in [5.74, 6) is -1.55. The van der Waals surface area contributed by atoms with E-state index in [1.807, 2.05) is 25.1 Å². The van der Waals surface area contributed by atoms with E-state index in [0.29, 0.717) is 11.1 Å². The number of nitrogens with zero attached hydrogens (tertiary/aromatic N) is 3. The lowest BCUT2D eigenvalue weighted by Crippen LogP contribution is -2.29. The number of ketones is 1. The highest BCUT2D eigenvalue weighted by atomic mass is 16.3. The first kappa shape index (κ1) is 18.6. The van der Waals surface area contributed by atoms with Gasteiger partial charge in [0.15, 0.2) is 0 Å². The molecule has 1 aliphatic rings. The molecule has 0 radical (unpaired) electrons. The highest BCUT2D eigenvalue weighted by molar-refractivity contribution is 6.46. The highest BCUT2D eigenvalue weighted by Crippen LogP contribution is 2.39. The van der Waals surface area contributed by atoms with Crippen molar-refractivity contribution < 1.29 is 14.7 Å². The Morgan fingerprint density at radius 3 is 2.31 bits per heavy atom. The summed E-state index contributed by atoms with van der Waals surface area (Å²) in [6.45, 7) is 2.13. The Hall–Kier alpha value is -3.80. The van der Waals surface area contributed by atoms with Crippen molar-refractivity contribution in [2.45, 2.75) is 19.5 Å². The molecule has 1 aromatic carbocycles. The summed E-state index contributed by atoms with van der Waals surface area (Å²) in [4.78, 5) is 35.5. The third-order valence-corrected chi connectivity index (χ3v) is 4.94. The van der Waals surface area contributed by atoms with Crippen molar-refractivity contribution in [2.24, 2.45) is 0 Å². The van der Waals surface area contributed by atoms with E-state index in [-0.39, 0.29) is 17.9 Å². The van der Waals surface area contributed by atoms with Crippen LogP contribution in [0.3, 0.4) is 0 Å². The maximum Gasteiger partial charge on any atom is 0.295 e. The van der Waals surface area contributed by atoms with Crippen molar-refractivity contribution in [1.82, 2.24) is 14.9 Å². The molecule has 1 saturated heterocycles. The van der Waals surface area contributed by atoms with Gasteiger partial charge in [0.25, 0.3) is 11.7 Å². The second-order valence-electron chi connectivity index (χ2n) is 6.94. The first-order chi connectivity index (χ1) is 14.1. The van der Waals surface area contributed by atoms with Crippen molar-refractivity contribution in [3.05, 3.63) is 101 Å². The molecule has 3 aromatic rings. The van der Waals surface area contributed by atoms with E-state index in [9.17, 15) is 14.7 Å². The van der Waals surface area contributed by atoms with E-state index in [1.165, 1.54) is 4.90 Å². The van der Waals surface area contributed by atoms with Crippen LogP contribution >= 0.6 is 0 Å². The minimum atomic E-state index is -0.731. The van der Waals surface area contributed by atoms with Crippen LogP contribution in [0.2, 0.25) is 0 Å². The molecular formula is C23H19N3O3. The average molecular weight is 385 g/mol. The maximum atomic E-state index is 12.9. The van der Waals surface area contributed by atoms with Crippen LogP contribution in [0.5, 0.6) is 0 Å². The van der Waals surface area contributed by atoms with E-state index in [2.05, 4.69) is 9.97 Å². The normalized spacial score (nSPS) is 18.2. The molecule has 0 spiro atoms. The molecule has 0 unspecified atom stereocenters. The van der Waals surface area contributed by atoms with Gasteiger partial charge in [-0.15, -0.1) is 0 Å². The van der Waals surface area contributed by atoms with Crippen molar-refractivity contribution in [2.75, 3.05) is 0 Å². The van der Waals surface area contributed by atoms with E-state index in [1.54, 1.807) is 55.1 Å². The fraction of sp³-hybridized carbons (Fsp3) is 0.130. The van der Waals surface area contributed by atoms with Gasteiger partial charge in [-0.25, -0.2) is 0 Å². The molecule has 0 saturated carbocycles. The Morgan fingerprint density at radius 2 is 1.69 bits per heavy atom. The number of carbonyl (C=O) groups excluding carboxylic acids is 2. The third-order valence-electron chi connectivity index (χ3n) is 4.94. The zero-order valence-electron chi connectivity index (χ0n) is 15.8. The van der Waals surface area contributed by atoms with Crippen LogP contribution in [0.1, 0.15) is 28.3 Å². The summed E-state index contributed by atoms with van der Waals surface area (Å²) in [5.41, 5.74) is 3.03. The molecule has 6 nitrogen and oxygen atoms in total. The number of aromatic nitrogens is 2. The monoisotopic (exact) mass is 385 g/mol. The molecule has 6 heteroatoms. The number of benzene rings is 1. The minimum Gasteiger partial charge on any atom is -0.507 e. The summed E-state index contributed by atoms with van der Waals surface area (Å²) in [5, 5.41) is 11.0. The van der Waals surface area contributed by atoms with Crippen LogP contribution in [-0.4, -0.2) is 31.7 Å². The summed E-state index contributed by atoms with van der Waals surface area (Å²) >= 11 is 0. The summed E-state index contributed by atoms with van der Waals surface area (Å²) < 4.78 is 0. The average Bonchev–Trinajstić information content (AvgIpc) is 3.00. The second kappa shape index (κ2) is 7.67. The largest absolute Gasteiger partial charge is 0.507 e. The molecule has 1 fully saturated rings. The van der Waals surface area contributed by atoms with Gasteiger partial charge in [0.05, 0.1) is 11.6 Å². The Bertz CT molecular complexity index is 1080. The molecular weight excluding hydrogens is 366 g/mol. The van der Waals surface area contributed by atoms with Crippen LogP contribution < -0.4 is 0 Å². The lowest BCUT2D eigenvalue weighted by molar-refractivity contribution is -0.140. The highest BCUT2D eigenvalue weighted by Gasteiger charge is 2.46. The zero-order chi connectivity index (χ0) is 20.4. The molecule has 1 aliphatic heterocycles. The summed E-state index contributed by atoms with van der Waals surface area (Å²) in [6.07, 6.45) is 6.53. The molecule has 0 aliphatic carbocycles. The lowest BCUT2D eigenvalue weighted by atomic mass is 9.96. The zero-order valence-corrected chi connectivity index (χ0v) is 15.8. The van der Waals surface area contributed by atoms with Gasteiger partial charge >= 0.3 is 0 Å². The number of likely N-dealkylation sites (tertiary alicyclic amines) is 1. The molecule has 29 heavy (non-hydrogen) atoms. The van der Waals surface area contributed by atoms with Gasteiger partial charge < -0.3 is 10.0 Å². The number of hydrogen-bond donors (Lipinski definition) is 1. The van der Waals surface area contributed by atoms with Gasteiger partial charge in [0, 0.05) is 36.9 Å². The number of Topliss-reactive ketones (excluding diaryl/α,β-unsaturated/α-hetero) is 1. The number of aliphatic hydroxyl groups excluding tert-OH is 1. The predicted octanol–water partition coefficient (Wildman–Crippen LogP) is 3.41. The summed E-state index contributed by atoms with van der Waals surface area (Å²) in [6, 6.07) is 13.6. The van der Waals surface area contributed by atoms with Crippen LogP contribution in [0.4, 0.5) is 0 Å². The van der Waals surface area contributed by atoms with Gasteiger partial charge in [-0.05, 0) is 30.2 Å². The third kappa shape index (κ3) is 3.52. The van der Waals surface area contributed by atoms with Gasteiger partial charge in [-0.3, -0.25) is 19.6 Å². The van der Waals surface area contributed by atoms with Crippen molar-refractivity contribution >= 4 is 17.4 Å². The SMILES string of the molecule is Cc1ccc(C(O)=C2C(=O)C(=O)N(Cc3cccnc3)[C@@H]2c2cccnc2)cc1. The van der Waals surface area contributed by atoms with E-state index in [0.717, 1.165) is 11.1 Å². The van der Waals surface area contributed by atoms with Crippen molar-refractivity contribution in [3.63, 3.8) is 0 Å². The van der Waals surface area contributed by atoms with Crippen LogP contribution in [0.25, 0.3) is 5.76 Å². The molecule has 1 atom stereocenters. The molecule has 144 valence electrons.